The van der Waals surface area contributed by atoms with Crippen LogP contribution in [0.4, 0.5) is 0 Å². The minimum Gasteiger partial charge on any atom is -0.311 e. The molecule has 2 saturated carbocycles. The van der Waals surface area contributed by atoms with Gasteiger partial charge in [0.1, 0.15) is 0 Å². The summed E-state index contributed by atoms with van der Waals surface area (Å²) in [6.07, 6.45) is 15.2. The van der Waals surface area contributed by atoms with Crippen molar-refractivity contribution in [2.45, 2.75) is 82.0 Å². The van der Waals surface area contributed by atoms with E-state index in [-0.39, 0.29) is 0 Å². The molecule has 2 aliphatic carbocycles. The molecule has 0 radical (unpaired) electrons. The van der Waals surface area contributed by atoms with Crippen molar-refractivity contribution >= 4 is 11.8 Å². The fourth-order valence-corrected chi connectivity index (χ4v) is 4.48. The van der Waals surface area contributed by atoms with Crippen LogP contribution in [0.5, 0.6) is 0 Å². The third-order valence-corrected chi connectivity index (χ3v) is 5.89. The van der Waals surface area contributed by atoms with E-state index in [0.29, 0.717) is 0 Å². The zero-order valence-corrected chi connectivity index (χ0v) is 12.4. The van der Waals surface area contributed by atoms with Crippen LogP contribution >= 0.6 is 11.8 Å². The van der Waals surface area contributed by atoms with Crippen LogP contribution < -0.4 is 5.32 Å². The summed E-state index contributed by atoms with van der Waals surface area (Å²) in [5, 5.41) is 4.90. The molecule has 2 rings (SSSR count). The summed E-state index contributed by atoms with van der Waals surface area (Å²) < 4.78 is 0. The maximum Gasteiger partial charge on any atom is 0.00801 e. The Balaban J connectivity index is 1.75. The van der Waals surface area contributed by atoms with Gasteiger partial charge in [-0.2, -0.15) is 11.8 Å². The maximum absolute atomic E-state index is 3.97. The van der Waals surface area contributed by atoms with E-state index >= 15 is 0 Å². The van der Waals surface area contributed by atoms with Crippen LogP contribution in [0.15, 0.2) is 0 Å². The average molecular weight is 255 g/mol. The molecule has 0 aliphatic heterocycles. The minimum absolute atomic E-state index is 0.821. The van der Waals surface area contributed by atoms with Crippen molar-refractivity contribution in [2.24, 2.45) is 5.92 Å². The summed E-state index contributed by atoms with van der Waals surface area (Å²) in [7, 11) is 0. The normalized spacial score (nSPS) is 39.2. The first-order chi connectivity index (χ1) is 8.31. The van der Waals surface area contributed by atoms with Gasteiger partial charge in [-0.25, -0.2) is 0 Å². The third-order valence-electron chi connectivity index (χ3n) is 4.79. The fourth-order valence-electron chi connectivity index (χ4n) is 3.66. The van der Waals surface area contributed by atoms with Gasteiger partial charge in [-0.3, -0.25) is 0 Å². The first-order valence-corrected chi connectivity index (χ1v) is 8.89. The standard InChI is InChI=1S/C15H29NS/c1-3-12-6-4-7-13(10-12)16-14-8-5-9-15(11-14)17-2/h12-16H,3-11H2,1-2H3. The molecule has 100 valence electrons. The number of thioether (sulfide) groups is 1. The van der Waals surface area contributed by atoms with Crippen LogP contribution in [0.3, 0.4) is 0 Å². The number of rotatable bonds is 4. The Bertz CT molecular complexity index is 197. The molecule has 1 N–H and O–H groups in total. The lowest BCUT2D eigenvalue weighted by Gasteiger charge is -2.35. The van der Waals surface area contributed by atoms with Crippen molar-refractivity contribution in [2.75, 3.05) is 6.26 Å². The molecule has 1 nitrogen and oxygen atoms in total. The van der Waals surface area contributed by atoms with Crippen molar-refractivity contribution in [3.05, 3.63) is 0 Å². The average Bonchev–Trinajstić information content (AvgIpc) is 2.39. The SMILES string of the molecule is CCC1CCCC(NC2CCCC(SC)C2)C1. The van der Waals surface area contributed by atoms with E-state index in [0.717, 1.165) is 23.3 Å². The monoisotopic (exact) mass is 255 g/mol. The summed E-state index contributed by atoms with van der Waals surface area (Å²) in [5.41, 5.74) is 0. The van der Waals surface area contributed by atoms with E-state index < -0.39 is 0 Å². The summed E-state index contributed by atoms with van der Waals surface area (Å²) in [4.78, 5) is 0. The highest BCUT2D eigenvalue weighted by molar-refractivity contribution is 7.99. The highest BCUT2D eigenvalue weighted by atomic mass is 32.2. The molecule has 4 unspecified atom stereocenters. The van der Waals surface area contributed by atoms with E-state index in [1.165, 1.54) is 57.8 Å². The first-order valence-electron chi connectivity index (χ1n) is 7.60. The summed E-state index contributed by atoms with van der Waals surface area (Å²) in [5.74, 6) is 1.00. The first kappa shape index (κ1) is 13.7. The van der Waals surface area contributed by atoms with Gasteiger partial charge < -0.3 is 5.32 Å². The molecular formula is C15H29NS. The summed E-state index contributed by atoms with van der Waals surface area (Å²) in [6, 6.07) is 1.65. The Morgan fingerprint density at radius 3 is 2.41 bits per heavy atom. The lowest BCUT2D eigenvalue weighted by Crippen LogP contribution is -2.43. The lowest BCUT2D eigenvalue weighted by molar-refractivity contribution is 0.243. The van der Waals surface area contributed by atoms with Gasteiger partial charge in [0.25, 0.3) is 0 Å². The second-order valence-electron chi connectivity index (χ2n) is 6.03. The molecule has 0 aromatic carbocycles. The maximum atomic E-state index is 3.97. The molecule has 0 amide bonds. The van der Waals surface area contributed by atoms with Gasteiger partial charge in [-0.05, 0) is 44.3 Å². The van der Waals surface area contributed by atoms with Gasteiger partial charge in [0, 0.05) is 17.3 Å². The van der Waals surface area contributed by atoms with Gasteiger partial charge in [-0.15, -0.1) is 0 Å². The molecule has 4 atom stereocenters. The molecule has 0 spiro atoms. The molecule has 0 bridgehead atoms. The number of hydrogen-bond donors (Lipinski definition) is 1. The Hall–Kier alpha value is 0.310. The van der Waals surface area contributed by atoms with Crippen molar-refractivity contribution in [3.8, 4) is 0 Å². The topological polar surface area (TPSA) is 12.0 Å². The Kier molecular flexibility index (Phi) is 5.68. The van der Waals surface area contributed by atoms with Gasteiger partial charge in [-0.1, -0.05) is 32.6 Å². The smallest absolute Gasteiger partial charge is 0.00801 e. The highest BCUT2D eigenvalue weighted by Gasteiger charge is 2.26. The predicted octanol–water partition coefficient (Wildman–Crippen LogP) is 4.22. The molecule has 0 aromatic rings. The van der Waals surface area contributed by atoms with Crippen LogP contribution in [0.2, 0.25) is 0 Å². The largest absolute Gasteiger partial charge is 0.311 e. The molecule has 2 fully saturated rings. The number of hydrogen-bond acceptors (Lipinski definition) is 2. The summed E-state index contributed by atoms with van der Waals surface area (Å²) >= 11 is 2.08. The fraction of sp³-hybridized carbons (Fsp3) is 1.00. The molecule has 17 heavy (non-hydrogen) atoms. The van der Waals surface area contributed by atoms with E-state index in [9.17, 15) is 0 Å². The summed E-state index contributed by atoms with van der Waals surface area (Å²) in [6.45, 7) is 2.36. The van der Waals surface area contributed by atoms with Gasteiger partial charge >= 0.3 is 0 Å². The predicted molar refractivity (Wildman–Crippen MR) is 78.7 cm³/mol. The molecule has 2 heteroatoms. The van der Waals surface area contributed by atoms with Crippen LogP contribution in [-0.4, -0.2) is 23.6 Å². The van der Waals surface area contributed by atoms with E-state index in [4.69, 9.17) is 0 Å². The molecular weight excluding hydrogens is 226 g/mol. The Morgan fingerprint density at radius 1 is 1.00 bits per heavy atom. The zero-order valence-electron chi connectivity index (χ0n) is 11.6. The van der Waals surface area contributed by atoms with Gasteiger partial charge in [0.05, 0.1) is 0 Å². The van der Waals surface area contributed by atoms with Crippen LogP contribution in [0, 0.1) is 5.92 Å². The Morgan fingerprint density at radius 2 is 1.71 bits per heavy atom. The Labute approximate surface area is 112 Å². The lowest BCUT2D eigenvalue weighted by atomic mass is 9.83. The van der Waals surface area contributed by atoms with Crippen molar-refractivity contribution in [3.63, 3.8) is 0 Å². The molecule has 0 aromatic heterocycles. The van der Waals surface area contributed by atoms with Crippen molar-refractivity contribution in [1.29, 1.82) is 0 Å². The van der Waals surface area contributed by atoms with Crippen LogP contribution in [0.25, 0.3) is 0 Å². The second-order valence-corrected chi connectivity index (χ2v) is 7.16. The highest BCUT2D eigenvalue weighted by Crippen LogP contribution is 2.30. The zero-order chi connectivity index (χ0) is 12.1. The molecule has 0 heterocycles. The minimum atomic E-state index is 0.821. The van der Waals surface area contributed by atoms with E-state index in [1.54, 1.807) is 0 Å². The molecule has 0 saturated heterocycles. The third kappa shape index (κ3) is 4.17. The van der Waals surface area contributed by atoms with Gasteiger partial charge in [0.2, 0.25) is 0 Å². The van der Waals surface area contributed by atoms with Crippen molar-refractivity contribution in [1.82, 2.24) is 5.32 Å². The van der Waals surface area contributed by atoms with E-state index in [2.05, 4.69) is 30.3 Å². The van der Waals surface area contributed by atoms with E-state index in [1.807, 2.05) is 0 Å². The quantitative estimate of drug-likeness (QED) is 0.807. The molecule has 2 aliphatic rings. The van der Waals surface area contributed by atoms with Gasteiger partial charge in [0.15, 0.2) is 0 Å². The number of nitrogens with one attached hydrogen (secondary N) is 1. The van der Waals surface area contributed by atoms with Crippen LogP contribution in [0.1, 0.15) is 64.7 Å². The van der Waals surface area contributed by atoms with Crippen LogP contribution in [-0.2, 0) is 0 Å². The second kappa shape index (κ2) is 7.04. The van der Waals surface area contributed by atoms with Crippen molar-refractivity contribution < 1.29 is 0 Å².